The lowest BCUT2D eigenvalue weighted by molar-refractivity contribution is -0.120. The van der Waals surface area contributed by atoms with E-state index in [1.807, 2.05) is 6.07 Å². The van der Waals surface area contributed by atoms with Gasteiger partial charge in [-0.15, -0.1) is 0 Å². The molecule has 0 saturated carbocycles. The number of amides is 3. The largest absolute Gasteiger partial charge is 0.478 e. The molecule has 0 spiro atoms. The van der Waals surface area contributed by atoms with Gasteiger partial charge in [-0.05, 0) is 62.7 Å². The highest BCUT2D eigenvalue weighted by Crippen LogP contribution is 2.37. The second-order valence-electron chi connectivity index (χ2n) is 6.90. The van der Waals surface area contributed by atoms with Gasteiger partial charge in [-0.2, -0.15) is 5.26 Å². The first-order valence-electron chi connectivity index (χ1n) is 8.32. The van der Waals surface area contributed by atoms with Crippen molar-refractivity contribution in [1.82, 2.24) is 0 Å². The van der Waals surface area contributed by atoms with Gasteiger partial charge in [0.1, 0.15) is 11.4 Å². The minimum Gasteiger partial charge on any atom is -0.478 e. The molecule has 1 aliphatic heterocycles. The quantitative estimate of drug-likeness (QED) is 0.821. The van der Waals surface area contributed by atoms with Crippen LogP contribution in [-0.2, 0) is 4.79 Å². The Morgan fingerprint density at radius 3 is 2.32 bits per heavy atom. The molecule has 1 aliphatic rings. The third-order valence-corrected chi connectivity index (χ3v) is 4.70. The SMILES string of the molecule is Cc1cc(N2C(=O)N(c3ccc(C(=O)O)c(F)c3)C(C)(C)C2=O)ccc1C#N. The van der Waals surface area contributed by atoms with Crippen molar-refractivity contribution in [2.24, 2.45) is 0 Å². The molecule has 0 aromatic heterocycles. The summed E-state index contributed by atoms with van der Waals surface area (Å²) in [5, 5.41) is 18.0. The van der Waals surface area contributed by atoms with Crippen LogP contribution < -0.4 is 9.80 Å². The third-order valence-electron chi connectivity index (χ3n) is 4.70. The van der Waals surface area contributed by atoms with Gasteiger partial charge < -0.3 is 5.11 Å². The predicted molar refractivity (Wildman–Crippen MR) is 98.7 cm³/mol. The van der Waals surface area contributed by atoms with Crippen LogP contribution in [0.15, 0.2) is 36.4 Å². The zero-order chi connectivity index (χ0) is 20.8. The number of imide groups is 1. The minimum absolute atomic E-state index is 0.0683. The number of hydrogen-bond donors (Lipinski definition) is 1. The number of nitriles is 1. The first-order valence-corrected chi connectivity index (χ1v) is 8.32. The van der Waals surface area contributed by atoms with Crippen LogP contribution in [-0.4, -0.2) is 28.6 Å². The Kier molecular flexibility index (Phi) is 4.39. The average Bonchev–Trinajstić information content (AvgIpc) is 2.79. The maximum absolute atomic E-state index is 14.1. The lowest BCUT2D eigenvalue weighted by atomic mass is 10.0. The van der Waals surface area contributed by atoms with E-state index < -0.39 is 34.8 Å². The van der Waals surface area contributed by atoms with E-state index in [1.54, 1.807) is 13.0 Å². The van der Waals surface area contributed by atoms with Crippen molar-refractivity contribution in [3.05, 3.63) is 58.9 Å². The highest BCUT2D eigenvalue weighted by molar-refractivity contribution is 6.30. The smallest absolute Gasteiger partial charge is 0.338 e. The molecular formula is C20H16FN3O4. The Labute approximate surface area is 160 Å². The molecule has 1 saturated heterocycles. The lowest BCUT2D eigenvalue weighted by Gasteiger charge is -2.27. The van der Waals surface area contributed by atoms with Crippen LogP contribution in [0.1, 0.15) is 35.3 Å². The van der Waals surface area contributed by atoms with Crippen LogP contribution in [0.2, 0.25) is 0 Å². The number of benzene rings is 2. The zero-order valence-electron chi connectivity index (χ0n) is 15.4. The highest BCUT2D eigenvalue weighted by Gasteiger charge is 2.52. The van der Waals surface area contributed by atoms with Crippen LogP contribution in [0.25, 0.3) is 0 Å². The highest BCUT2D eigenvalue weighted by atomic mass is 19.1. The van der Waals surface area contributed by atoms with Crippen LogP contribution in [0.5, 0.6) is 0 Å². The summed E-state index contributed by atoms with van der Waals surface area (Å²) >= 11 is 0. The van der Waals surface area contributed by atoms with Crippen LogP contribution in [0, 0.1) is 24.1 Å². The van der Waals surface area contributed by atoms with Gasteiger partial charge >= 0.3 is 12.0 Å². The van der Waals surface area contributed by atoms with Crippen molar-refractivity contribution in [3.8, 4) is 6.07 Å². The van der Waals surface area contributed by atoms with Crippen molar-refractivity contribution in [2.45, 2.75) is 26.3 Å². The van der Waals surface area contributed by atoms with Gasteiger partial charge in [0.05, 0.1) is 22.9 Å². The van der Waals surface area contributed by atoms with Crippen molar-refractivity contribution >= 4 is 29.3 Å². The number of hydrogen-bond acceptors (Lipinski definition) is 4. The number of nitrogens with zero attached hydrogens (tertiary/aromatic N) is 3. The molecular weight excluding hydrogens is 365 g/mol. The average molecular weight is 381 g/mol. The second-order valence-corrected chi connectivity index (χ2v) is 6.90. The molecule has 0 atom stereocenters. The fraction of sp³-hybridized carbons (Fsp3) is 0.200. The molecule has 8 heteroatoms. The number of carboxylic acids is 1. The van der Waals surface area contributed by atoms with Gasteiger partial charge in [0, 0.05) is 5.69 Å². The number of carboxylic acid groups (broad SMARTS) is 1. The molecule has 1 N–H and O–H groups in total. The van der Waals surface area contributed by atoms with Crippen molar-refractivity contribution in [2.75, 3.05) is 9.80 Å². The Morgan fingerprint density at radius 2 is 1.79 bits per heavy atom. The standard InChI is InChI=1S/C20H16FN3O4/c1-11-8-13(5-4-12(11)10-22)23-18(27)20(2,3)24(19(23)28)14-6-7-15(17(25)26)16(21)9-14/h4-9H,1-3H3,(H,25,26). The Hall–Kier alpha value is -3.73. The molecule has 0 bridgehead atoms. The first kappa shape index (κ1) is 19.0. The molecule has 0 radical (unpaired) electrons. The summed E-state index contributed by atoms with van der Waals surface area (Å²) in [4.78, 5) is 39.1. The van der Waals surface area contributed by atoms with Crippen molar-refractivity contribution in [3.63, 3.8) is 0 Å². The Bertz CT molecular complexity index is 1070. The maximum Gasteiger partial charge on any atom is 0.338 e. The van der Waals surface area contributed by atoms with Crippen molar-refractivity contribution in [1.29, 1.82) is 5.26 Å². The molecule has 142 valence electrons. The van der Waals surface area contributed by atoms with Gasteiger partial charge in [-0.3, -0.25) is 9.69 Å². The normalized spacial score (nSPS) is 15.7. The zero-order valence-corrected chi connectivity index (χ0v) is 15.4. The van der Waals surface area contributed by atoms with Crippen LogP contribution in [0.4, 0.5) is 20.6 Å². The number of urea groups is 1. The van der Waals surface area contributed by atoms with E-state index in [-0.39, 0.29) is 5.69 Å². The second kappa shape index (κ2) is 6.46. The molecule has 3 rings (SSSR count). The summed E-state index contributed by atoms with van der Waals surface area (Å²) in [6.07, 6.45) is 0. The summed E-state index contributed by atoms with van der Waals surface area (Å²) in [5.41, 5.74) is -0.461. The van der Waals surface area contributed by atoms with Crippen LogP contribution in [0.3, 0.4) is 0 Å². The number of halogens is 1. The topological polar surface area (TPSA) is 102 Å². The molecule has 28 heavy (non-hydrogen) atoms. The fourth-order valence-electron chi connectivity index (χ4n) is 3.19. The summed E-state index contributed by atoms with van der Waals surface area (Å²) in [5.74, 6) is -2.96. The van der Waals surface area contributed by atoms with Gasteiger partial charge in [0.25, 0.3) is 5.91 Å². The van der Waals surface area contributed by atoms with E-state index in [2.05, 4.69) is 0 Å². The molecule has 2 aromatic rings. The molecule has 2 aromatic carbocycles. The third kappa shape index (κ3) is 2.77. The number of rotatable bonds is 3. The molecule has 1 heterocycles. The number of carbonyl (C=O) groups is 3. The van der Waals surface area contributed by atoms with E-state index in [0.29, 0.717) is 16.8 Å². The van der Waals surface area contributed by atoms with Gasteiger partial charge in [0.2, 0.25) is 0 Å². The molecule has 3 amide bonds. The number of carbonyl (C=O) groups excluding carboxylic acids is 2. The van der Waals surface area contributed by atoms with E-state index in [4.69, 9.17) is 10.4 Å². The summed E-state index contributed by atoms with van der Waals surface area (Å²) in [6, 6.07) is 9.15. The summed E-state index contributed by atoms with van der Waals surface area (Å²) < 4.78 is 14.1. The van der Waals surface area contributed by atoms with E-state index in [0.717, 1.165) is 21.9 Å². The monoisotopic (exact) mass is 381 g/mol. The lowest BCUT2D eigenvalue weighted by Crippen LogP contribution is -2.44. The molecule has 0 aliphatic carbocycles. The van der Waals surface area contributed by atoms with E-state index in [9.17, 15) is 18.8 Å². The number of anilines is 2. The summed E-state index contributed by atoms with van der Waals surface area (Å²) in [7, 11) is 0. The number of aromatic carboxylic acids is 1. The van der Waals surface area contributed by atoms with E-state index in [1.165, 1.54) is 32.0 Å². The minimum atomic E-state index is -1.43. The van der Waals surface area contributed by atoms with Gasteiger partial charge in [-0.25, -0.2) is 18.9 Å². The first-order chi connectivity index (χ1) is 13.1. The Morgan fingerprint density at radius 1 is 1.14 bits per heavy atom. The molecule has 0 unspecified atom stereocenters. The van der Waals surface area contributed by atoms with Gasteiger partial charge in [-0.1, -0.05) is 0 Å². The van der Waals surface area contributed by atoms with Crippen molar-refractivity contribution < 1.29 is 23.9 Å². The predicted octanol–water partition coefficient (Wildman–Crippen LogP) is 3.46. The van der Waals surface area contributed by atoms with Crippen LogP contribution >= 0.6 is 0 Å². The summed E-state index contributed by atoms with van der Waals surface area (Å²) in [6.45, 7) is 4.73. The fourth-order valence-corrected chi connectivity index (χ4v) is 3.19. The molecule has 1 fully saturated rings. The maximum atomic E-state index is 14.1. The molecule has 7 nitrogen and oxygen atoms in total. The van der Waals surface area contributed by atoms with E-state index >= 15 is 0 Å². The number of aryl methyl sites for hydroxylation is 1. The van der Waals surface area contributed by atoms with Gasteiger partial charge in [0.15, 0.2) is 0 Å². The Balaban J connectivity index is 2.08.